The van der Waals surface area contributed by atoms with Crippen LogP contribution in [0, 0.1) is 0 Å². The number of fused-ring (bicyclic) bond motifs is 1. The number of aromatic nitrogens is 2. The lowest BCUT2D eigenvalue weighted by Crippen LogP contribution is -2.30. The van der Waals surface area contributed by atoms with E-state index in [4.69, 9.17) is 5.73 Å². The molecule has 0 aromatic carbocycles. The summed E-state index contributed by atoms with van der Waals surface area (Å²) in [6.07, 6.45) is 5.23. The van der Waals surface area contributed by atoms with Crippen molar-refractivity contribution in [1.82, 2.24) is 14.5 Å². The fourth-order valence-corrected chi connectivity index (χ4v) is 1.97. The molecule has 1 atom stereocenters. The Kier molecular flexibility index (Phi) is 3.07. The first-order valence-electron chi connectivity index (χ1n) is 5.60. The Hall–Kier alpha value is -0.870. The van der Waals surface area contributed by atoms with Crippen LogP contribution in [-0.2, 0) is 19.4 Å². The molecule has 1 aliphatic rings. The van der Waals surface area contributed by atoms with Crippen LogP contribution in [0.4, 0.5) is 0 Å². The Morgan fingerprint density at radius 2 is 2.40 bits per heavy atom. The molecule has 0 spiro atoms. The summed E-state index contributed by atoms with van der Waals surface area (Å²) in [5.41, 5.74) is 7.12. The number of imidazole rings is 1. The van der Waals surface area contributed by atoms with Crippen molar-refractivity contribution in [2.24, 2.45) is 5.73 Å². The van der Waals surface area contributed by atoms with Crippen molar-refractivity contribution in [3.63, 3.8) is 0 Å². The number of aryl methyl sites for hydroxylation is 1. The van der Waals surface area contributed by atoms with E-state index in [0.717, 1.165) is 32.4 Å². The molecule has 1 unspecified atom stereocenters. The molecule has 0 fully saturated rings. The predicted octanol–water partition coefficient (Wildman–Crippen LogP) is 0.261. The summed E-state index contributed by atoms with van der Waals surface area (Å²) in [5.74, 6) is 1.17. The number of hydrogen-bond acceptors (Lipinski definition) is 3. The van der Waals surface area contributed by atoms with Gasteiger partial charge >= 0.3 is 0 Å². The number of nitrogens with zero attached hydrogens (tertiary/aromatic N) is 3. The second kappa shape index (κ2) is 4.33. The van der Waals surface area contributed by atoms with E-state index in [1.54, 1.807) is 0 Å². The van der Waals surface area contributed by atoms with Gasteiger partial charge in [-0.3, -0.25) is 0 Å². The van der Waals surface area contributed by atoms with Gasteiger partial charge in [0.05, 0.1) is 5.69 Å². The summed E-state index contributed by atoms with van der Waals surface area (Å²) < 4.78 is 2.26. The van der Waals surface area contributed by atoms with Crippen LogP contribution >= 0.6 is 0 Å². The van der Waals surface area contributed by atoms with Gasteiger partial charge in [-0.15, -0.1) is 0 Å². The Morgan fingerprint density at radius 3 is 3.13 bits per heavy atom. The Balaban J connectivity index is 2.03. The van der Waals surface area contributed by atoms with E-state index < -0.39 is 0 Å². The molecular weight excluding hydrogens is 188 g/mol. The SMILES string of the molecule is CN(C)CCc1cn2c(n1)CC(N)CC2. The van der Waals surface area contributed by atoms with Crippen molar-refractivity contribution in [3.05, 3.63) is 17.7 Å². The van der Waals surface area contributed by atoms with Crippen LogP contribution in [0.2, 0.25) is 0 Å². The first kappa shape index (κ1) is 10.6. The molecule has 0 bridgehead atoms. The highest BCUT2D eigenvalue weighted by Gasteiger charge is 2.17. The Morgan fingerprint density at radius 1 is 1.60 bits per heavy atom. The van der Waals surface area contributed by atoms with E-state index in [0.29, 0.717) is 6.04 Å². The van der Waals surface area contributed by atoms with Gasteiger partial charge in [-0.25, -0.2) is 4.98 Å². The van der Waals surface area contributed by atoms with E-state index in [1.807, 2.05) is 0 Å². The predicted molar refractivity (Wildman–Crippen MR) is 60.8 cm³/mol. The number of likely N-dealkylation sites (N-methyl/N-ethyl adjacent to an activating group) is 1. The molecular formula is C11H20N4. The Bertz CT molecular complexity index is 329. The lowest BCUT2D eigenvalue weighted by molar-refractivity contribution is 0.412. The van der Waals surface area contributed by atoms with Gasteiger partial charge in [0.1, 0.15) is 5.82 Å². The molecule has 2 rings (SSSR count). The van der Waals surface area contributed by atoms with Crippen LogP contribution in [0.5, 0.6) is 0 Å². The molecule has 4 heteroatoms. The minimum atomic E-state index is 0.307. The number of nitrogens with two attached hydrogens (primary N) is 1. The fourth-order valence-electron chi connectivity index (χ4n) is 1.97. The Labute approximate surface area is 91.1 Å². The highest BCUT2D eigenvalue weighted by atomic mass is 15.1. The van der Waals surface area contributed by atoms with E-state index in [2.05, 4.69) is 34.7 Å². The van der Waals surface area contributed by atoms with Crippen LogP contribution in [0.25, 0.3) is 0 Å². The van der Waals surface area contributed by atoms with Crippen molar-refractivity contribution in [1.29, 1.82) is 0 Å². The largest absolute Gasteiger partial charge is 0.335 e. The van der Waals surface area contributed by atoms with Crippen LogP contribution in [0.15, 0.2) is 6.20 Å². The molecule has 0 saturated heterocycles. The maximum Gasteiger partial charge on any atom is 0.110 e. The molecule has 1 aliphatic heterocycles. The van der Waals surface area contributed by atoms with Crippen molar-refractivity contribution in [2.75, 3.05) is 20.6 Å². The lowest BCUT2D eigenvalue weighted by atomic mass is 10.1. The smallest absolute Gasteiger partial charge is 0.110 e. The zero-order valence-electron chi connectivity index (χ0n) is 9.61. The van der Waals surface area contributed by atoms with Gasteiger partial charge in [0.15, 0.2) is 0 Å². The van der Waals surface area contributed by atoms with E-state index >= 15 is 0 Å². The van der Waals surface area contributed by atoms with E-state index in [1.165, 1.54) is 11.5 Å². The average Bonchev–Trinajstić information content (AvgIpc) is 2.56. The molecule has 0 radical (unpaired) electrons. The summed E-state index contributed by atoms with van der Waals surface area (Å²) in [7, 11) is 4.18. The third-order valence-corrected chi connectivity index (χ3v) is 2.91. The first-order valence-corrected chi connectivity index (χ1v) is 5.60. The second-order valence-corrected chi connectivity index (χ2v) is 4.65. The molecule has 0 amide bonds. The minimum Gasteiger partial charge on any atom is -0.335 e. The van der Waals surface area contributed by atoms with Gasteiger partial charge in [0.25, 0.3) is 0 Å². The third kappa shape index (κ3) is 2.58. The topological polar surface area (TPSA) is 47.1 Å². The average molecular weight is 208 g/mol. The summed E-state index contributed by atoms with van der Waals surface area (Å²) in [4.78, 5) is 6.81. The van der Waals surface area contributed by atoms with Gasteiger partial charge in [0.2, 0.25) is 0 Å². The van der Waals surface area contributed by atoms with Crippen LogP contribution < -0.4 is 5.73 Å². The monoisotopic (exact) mass is 208 g/mol. The van der Waals surface area contributed by atoms with Crippen molar-refractivity contribution >= 4 is 0 Å². The molecule has 2 heterocycles. The van der Waals surface area contributed by atoms with Gasteiger partial charge in [-0.05, 0) is 20.5 Å². The molecule has 84 valence electrons. The van der Waals surface area contributed by atoms with Crippen molar-refractivity contribution in [3.8, 4) is 0 Å². The highest BCUT2D eigenvalue weighted by Crippen LogP contribution is 2.14. The van der Waals surface area contributed by atoms with Crippen molar-refractivity contribution in [2.45, 2.75) is 31.8 Å². The molecule has 1 aromatic rings. The number of rotatable bonds is 3. The molecule has 4 nitrogen and oxygen atoms in total. The molecule has 2 N–H and O–H groups in total. The van der Waals surface area contributed by atoms with Gasteiger partial charge in [0, 0.05) is 38.2 Å². The molecule has 1 aromatic heterocycles. The number of hydrogen-bond donors (Lipinski definition) is 1. The zero-order valence-corrected chi connectivity index (χ0v) is 9.61. The second-order valence-electron chi connectivity index (χ2n) is 4.65. The molecule has 0 saturated carbocycles. The lowest BCUT2D eigenvalue weighted by Gasteiger charge is -2.18. The summed E-state index contributed by atoms with van der Waals surface area (Å²) >= 11 is 0. The zero-order chi connectivity index (χ0) is 10.8. The summed E-state index contributed by atoms with van der Waals surface area (Å²) in [6, 6.07) is 0.307. The maximum absolute atomic E-state index is 5.92. The quantitative estimate of drug-likeness (QED) is 0.775. The summed E-state index contributed by atoms with van der Waals surface area (Å²) in [5, 5.41) is 0. The van der Waals surface area contributed by atoms with Gasteiger partial charge in [-0.2, -0.15) is 0 Å². The van der Waals surface area contributed by atoms with Gasteiger partial charge < -0.3 is 15.2 Å². The summed E-state index contributed by atoms with van der Waals surface area (Å²) in [6.45, 7) is 2.09. The van der Waals surface area contributed by atoms with Crippen LogP contribution in [0.3, 0.4) is 0 Å². The van der Waals surface area contributed by atoms with E-state index in [-0.39, 0.29) is 0 Å². The fraction of sp³-hybridized carbons (Fsp3) is 0.727. The van der Waals surface area contributed by atoms with Crippen LogP contribution in [0.1, 0.15) is 17.9 Å². The van der Waals surface area contributed by atoms with Crippen molar-refractivity contribution < 1.29 is 0 Å². The third-order valence-electron chi connectivity index (χ3n) is 2.91. The standard InChI is InChI=1S/C11H20N4/c1-14(2)5-4-10-8-15-6-3-9(12)7-11(15)13-10/h8-9H,3-7,12H2,1-2H3. The first-order chi connectivity index (χ1) is 7.15. The maximum atomic E-state index is 5.92. The van der Waals surface area contributed by atoms with Gasteiger partial charge in [-0.1, -0.05) is 0 Å². The molecule has 0 aliphatic carbocycles. The van der Waals surface area contributed by atoms with E-state index in [9.17, 15) is 0 Å². The molecule has 15 heavy (non-hydrogen) atoms. The normalized spacial score (nSPS) is 20.7. The minimum absolute atomic E-state index is 0.307. The highest BCUT2D eigenvalue weighted by molar-refractivity contribution is 5.08. The van der Waals surface area contributed by atoms with Crippen LogP contribution in [-0.4, -0.2) is 41.1 Å².